The molecule has 0 heterocycles. The van der Waals surface area contributed by atoms with Crippen molar-refractivity contribution in [2.45, 2.75) is 176 Å². The van der Waals surface area contributed by atoms with E-state index in [1.807, 2.05) is 30.4 Å². The van der Waals surface area contributed by atoms with Crippen molar-refractivity contribution >= 4 is 41.2 Å². The molecule has 9 rings (SSSR count). The molecule has 0 saturated carbocycles. The molecule has 0 nitrogen and oxygen atoms in total. The Morgan fingerprint density at radius 3 is 1.18 bits per heavy atom. The van der Waals surface area contributed by atoms with Crippen molar-refractivity contribution in [3.05, 3.63) is 281 Å². The first-order valence-corrected chi connectivity index (χ1v) is 32.0. The number of benzene rings is 8. The Bertz CT molecular complexity index is 3210. The van der Waals surface area contributed by atoms with E-state index in [0.29, 0.717) is 23.7 Å². The number of aryl methyl sites for hydroxylation is 3. The Morgan fingerprint density at radius 1 is 0.345 bits per heavy atom. The Hall–Kier alpha value is -7.28. The summed E-state index contributed by atoms with van der Waals surface area (Å²) in [5, 5.41) is 2.68. The summed E-state index contributed by atoms with van der Waals surface area (Å²) in [6, 6.07) is 61.5. The van der Waals surface area contributed by atoms with Gasteiger partial charge in [-0.05, 0) is 206 Å². The normalized spacial score (nSPS) is 13.1. The Labute approximate surface area is 512 Å². The largest absolute Gasteiger partial charge is 0.0985 e. The van der Waals surface area contributed by atoms with Crippen LogP contribution < -0.4 is 0 Å². The second-order valence-electron chi connectivity index (χ2n) is 23.5. The summed E-state index contributed by atoms with van der Waals surface area (Å²) in [7, 11) is 0. The fourth-order valence-corrected chi connectivity index (χ4v) is 10.8. The summed E-state index contributed by atoms with van der Waals surface area (Å²) in [5.74, 6) is 3.46. The second-order valence-corrected chi connectivity index (χ2v) is 23.5. The van der Waals surface area contributed by atoms with Crippen molar-refractivity contribution in [2.75, 3.05) is 0 Å². The van der Waals surface area contributed by atoms with Crippen molar-refractivity contribution < 1.29 is 0 Å². The zero-order chi connectivity index (χ0) is 60.8. The van der Waals surface area contributed by atoms with Crippen LogP contribution in [0.2, 0.25) is 0 Å². The van der Waals surface area contributed by atoms with E-state index in [1.54, 1.807) is 16.7 Å². The molecule has 1 aliphatic rings. The van der Waals surface area contributed by atoms with E-state index < -0.39 is 0 Å². The number of rotatable bonds is 21. The van der Waals surface area contributed by atoms with Gasteiger partial charge in [0.05, 0.1) is 0 Å². The lowest BCUT2D eigenvalue weighted by Crippen LogP contribution is -2.10. The fraction of sp³-hybridized carbons (Fsp3) is 0.333. The lowest BCUT2D eigenvalue weighted by molar-refractivity contribution is 0.516. The number of fused-ring (bicyclic) bond motifs is 2. The van der Waals surface area contributed by atoms with Crippen LogP contribution >= 0.6 is 0 Å². The van der Waals surface area contributed by atoms with E-state index in [9.17, 15) is 0 Å². The van der Waals surface area contributed by atoms with Crippen molar-refractivity contribution in [3.8, 4) is 11.1 Å². The maximum absolute atomic E-state index is 3.93. The Morgan fingerprint density at radius 2 is 0.726 bits per heavy atom. The summed E-state index contributed by atoms with van der Waals surface area (Å²) in [4.78, 5) is 0. The quantitative estimate of drug-likeness (QED) is 0.0673. The molecule has 440 valence electrons. The van der Waals surface area contributed by atoms with Gasteiger partial charge in [-0.1, -0.05) is 309 Å². The minimum absolute atomic E-state index is 0.615. The molecule has 8 aromatic carbocycles. The highest BCUT2D eigenvalue weighted by molar-refractivity contribution is 5.93. The third-order valence-electron chi connectivity index (χ3n) is 17.8. The first-order chi connectivity index (χ1) is 40.8. The Balaban J connectivity index is 0.000000193. The molecule has 0 amide bonds. The minimum Gasteiger partial charge on any atom is -0.0985 e. The smallest absolute Gasteiger partial charge is 0.0109 e. The molecule has 0 saturated heterocycles. The van der Waals surface area contributed by atoms with Crippen LogP contribution in [0.15, 0.2) is 203 Å². The van der Waals surface area contributed by atoms with Gasteiger partial charge in [-0.25, -0.2) is 0 Å². The van der Waals surface area contributed by atoms with E-state index in [-0.39, 0.29) is 0 Å². The van der Waals surface area contributed by atoms with Crippen molar-refractivity contribution in [1.29, 1.82) is 0 Å². The maximum atomic E-state index is 3.93. The van der Waals surface area contributed by atoms with Gasteiger partial charge < -0.3 is 0 Å². The summed E-state index contributed by atoms with van der Waals surface area (Å²) in [6.07, 6.45) is 25.6. The predicted molar refractivity (Wildman–Crippen MR) is 379 cm³/mol. The van der Waals surface area contributed by atoms with E-state index in [2.05, 4.69) is 272 Å². The van der Waals surface area contributed by atoms with Gasteiger partial charge in [0.25, 0.3) is 0 Å². The summed E-state index contributed by atoms with van der Waals surface area (Å²) >= 11 is 0. The van der Waals surface area contributed by atoms with Crippen LogP contribution in [0.4, 0.5) is 0 Å². The van der Waals surface area contributed by atoms with Crippen molar-refractivity contribution in [3.63, 3.8) is 0 Å². The molecule has 8 aromatic rings. The maximum Gasteiger partial charge on any atom is -0.0109 e. The predicted octanol–water partition coefficient (Wildman–Crippen LogP) is 25.2. The molecular weight excluding hydrogens is 1010 g/mol. The average Bonchev–Trinajstić information content (AvgIpc) is 3.75. The van der Waals surface area contributed by atoms with Crippen LogP contribution in [0.1, 0.15) is 222 Å². The third kappa shape index (κ3) is 20.5. The second kappa shape index (κ2) is 36.4. The molecule has 0 spiro atoms. The van der Waals surface area contributed by atoms with E-state index >= 15 is 0 Å². The van der Waals surface area contributed by atoms with Gasteiger partial charge in [-0.15, -0.1) is 0 Å². The van der Waals surface area contributed by atoms with E-state index in [4.69, 9.17) is 0 Å². The molecule has 0 heteroatoms. The summed E-state index contributed by atoms with van der Waals surface area (Å²) in [6.45, 7) is 41.9. The standard InChI is InChI=1S/C20H24.C18H20.C16H22.C16H18.C14H20/c1-4-16(3)20-14-12-19(13-15-20)11-10-18-8-6-17(5-2)7-9-18;1-4-14(3)16-10-12-18(13-11-16)17-8-6-15(5-2)7-9-17;2*1-4-12(3)14-11-10-13(5-2)15-8-6-7-9-16(14)15;1-4-12(3)6-7-14-10-8-13(5-2)9-11-14/h5-9,12-16H,2,4,10-11H2,1,3H3;5-14H,2,4H2,1,3H3;5,10-12H,2,4,6-9H2,1,3H3;5-12H,2,4H2,1,3H3;5,8-12H,2,4,6-7H2,1,3H3. The molecule has 84 heavy (non-hydrogen) atoms. The van der Waals surface area contributed by atoms with Gasteiger partial charge in [0.1, 0.15) is 0 Å². The molecule has 0 bridgehead atoms. The topological polar surface area (TPSA) is 0 Å². The molecule has 1 aliphatic carbocycles. The van der Waals surface area contributed by atoms with Crippen molar-refractivity contribution in [2.24, 2.45) is 5.92 Å². The van der Waals surface area contributed by atoms with Gasteiger partial charge in [0.2, 0.25) is 0 Å². The first-order valence-electron chi connectivity index (χ1n) is 32.0. The van der Waals surface area contributed by atoms with Crippen LogP contribution in [0.25, 0.3) is 52.3 Å². The minimum atomic E-state index is 0.615. The Kier molecular flexibility index (Phi) is 29.3. The lowest BCUT2D eigenvalue weighted by Gasteiger charge is -2.24. The molecule has 0 radical (unpaired) electrons. The molecule has 0 fully saturated rings. The van der Waals surface area contributed by atoms with Crippen LogP contribution in [0.5, 0.6) is 0 Å². The number of hydrogen-bond donors (Lipinski definition) is 0. The van der Waals surface area contributed by atoms with Crippen LogP contribution in [-0.2, 0) is 32.1 Å². The SMILES string of the molecule is C=Cc1ccc(-c2ccc(C(C)CC)cc2)cc1.C=Cc1ccc(C(C)CC)c2c1CCCC2.C=Cc1ccc(C(C)CC)c2ccccc12.C=Cc1ccc(CCC(C)CC)cc1.C=Cc1ccc(CCc2ccc(C(C)CC)cc2)cc1. The average molecular weight is 1110 g/mol. The molecular formula is C84H104. The van der Waals surface area contributed by atoms with Crippen molar-refractivity contribution in [1.82, 2.24) is 0 Å². The van der Waals surface area contributed by atoms with Gasteiger partial charge in [0.15, 0.2) is 0 Å². The van der Waals surface area contributed by atoms with Gasteiger partial charge in [-0.2, -0.15) is 0 Å². The van der Waals surface area contributed by atoms with Crippen LogP contribution in [-0.4, -0.2) is 0 Å². The molecule has 5 atom stereocenters. The molecule has 5 unspecified atom stereocenters. The highest BCUT2D eigenvalue weighted by Gasteiger charge is 2.18. The monoisotopic (exact) mass is 1110 g/mol. The lowest BCUT2D eigenvalue weighted by atomic mass is 9.81. The van der Waals surface area contributed by atoms with Crippen LogP contribution in [0.3, 0.4) is 0 Å². The highest BCUT2D eigenvalue weighted by atomic mass is 14.2. The zero-order valence-electron chi connectivity index (χ0n) is 53.7. The van der Waals surface area contributed by atoms with Crippen LogP contribution in [0, 0.1) is 5.92 Å². The molecule has 0 N–H and O–H groups in total. The zero-order valence-corrected chi connectivity index (χ0v) is 53.7. The summed E-state index contributed by atoms with van der Waals surface area (Å²) in [5.41, 5.74) is 22.1. The molecule has 0 aromatic heterocycles. The third-order valence-corrected chi connectivity index (χ3v) is 17.8. The van der Waals surface area contributed by atoms with E-state index in [1.165, 1.54) is 148 Å². The number of hydrogen-bond acceptors (Lipinski definition) is 0. The van der Waals surface area contributed by atoms with Gasteiger partial charge in [0, 0.05) is 0 Å². The van der Waals surface area contributed by atoms with E-state index in [0.717, 1.165) is 24.3 Å². The summed E-state index contributed by atoms with van der Waals surface area (Å²) < 4.78 is 0. The fourth-order valence-electron chi connectivity index (χ4n) is 10.8. The molecule has 0 aliphatic heterocycles. The van der Waals surface area contributed by atoms with Gasteiger partial charge >= 0.3 is 0 Å². The van der Waals surface area contributed by atoms with Gasteiger partial charge in [-0.3, -0.25) is 0 Å². The highest BCUT2D eigenvalue weighted by Crippen LogP contribution is 2.34. The first kappa shape index (κ1) is 67.5.